The number of amides is 2. The summed E-state index contributed by atoms with van der Waals surface area (Å²) in [5, 5.41) is 15.6. The van der Waals surface area contributed by atoms with E-state index in [2.05, 4.69) is 15.5 Å². The van der Waals surface area contributed by atoms with E-state index in [4.69, 9.17) is 0 Å². The number of rotatable bonds is 5. The molecule has 0 radical (unpaired) electrons. The number of carbonyl (C=O) groups is 2. The lowest BCUT2D eigenvalue weighted by Gasteiger charge is -2.34. The molecule has 1 atom stereocenters. The molecule has 1 heterocycles. The fraction of sp³-hybridized carbons (Fsp3) is 0.364. The van der Waals surface area contributed by atoms with Crippen molar-refractivity contribution in [2.75, 3.05) is 23.7 Å². The molecule has 3 N–H and O–H groups in total. The molecule has 0 aromatic heterocycles. The highest BCUT2D eigenvalue weighted by molar-refractivity contribution is 5.95. The maximum absolute atomic E-state index is 12.6. The Kier molecular flexibility index (Phi) is 6.31. The van der Waals surface area contributed by atoms with Gasteiger partial charge in [0.05, 0.1) is 11.7 Å². The highest BCUT2D eigenvalue weighted by Gasteiger charge is 2.30. The lowest BCUT2D eigenvalue weighted by molar-refractivity contribution is -0.123. The van der Waals surface area contributed by atoms with E-state index in [1.54, 1.807) is 24.3 Å². The van der Waals surface area contributed by atoms with Gasteiger partial charge in [-0.05, 0) is 69.6 Å². The lowest BCUT2D eigenvalue weighted by atomic mass is 9.94. The zero-order chi connectivity index (χ0) is 20.1. The van der Waals surface area contributed by atoms with E-state index < -0.39 is 0 Å². The van der Waals surface area contributed by atoms with Gasteiger partial charge in [0.1, 0.15) is 5.75 Å². The fourth-order valence-corrected chi connectivity index (χ4v) is 3.50. The molecule has 0 aliphatic carbocycles. The molecular formula is C22H27N3O3. The number of anilines is 2. The molecule has 2 amide bonds. The van der Waals surface area contributed by atoms with Crippen molar-refractivity contribution in [2.45, 2.75) is 32.7 Å². The van der Waals surface area contributed by atoms with Crippen molar-refractivity contribution in [3.63, 3.8) is 0 Å². The summed E-state index contributed by atoms with van der Waals surface area (Å²) in [4.78, 5) is 27.1. The Labute approximate surface area is 165 Å². The Morgan fingerprint density at radius 1 is 1.07 bits per heavy atom. The predicted molar refractivity (Wildman–Crippen MR) is 110 cm³/mol. The summed E-state index contributed by atoms with van der Waals surface area (Å²) in [6, 6.07) is 14.2. The second-order valence-electron chi connectivity index (χ2n) is 7.35. The monoisotopic (exact) mass is 381 g/mol. The van der Waals surface area contributed by atoms with Crippen LogP contribution in [0.15, 0.2) is 48.5 Å². The number of aromatic hydroxyl groups is 1. The second-order valence-corrected chi connectivity index (χ2v) is 7.35. The molecule has 148 valence electrons. The number of nitrogens with one attached hydrogen (secondary N) is 2. The van der Waals surface area contributed by atoms with Crippen LogP contribution in [0.25, 0.3) is 0 Å². The Hall–Kier alpha value is -2.86. The molecule has 1 fully saturated rings. The molecule has 28 heavy (non-hydrogen) atoms. The van der Waals surface area contributed by atoms with Gasteiger partial charge in [0.2, 0.25) is 11.8 Å². The molecule has 1 saturated heterocycles. The molecular weight excluding hydrogens is 354 g/mol. The Balaban J connectivity index is 1.50. The first-order chi connectivity index (χ1) is 13.4. The van der Waals surface area contributed by atoms with E-state index in [0.29, 0.717) is 31.6 Å². The largest absolute Gasteiger partial charge is 0.506 e. The predicted octanol–water partition coefficient (Wildman–Crippen LogP) is 3.38. The number of benzene rings is 2. The molecule has 2 aromatic rings. The Bertz CT molecular complexity index is 844. The maximum atomic E-state index is 12.6. The summed E-state index contributed by atoms with van der Waals surface area (Å²) in [5.74, 6) is -0.182. The van der Waals surface area contributed by atoms with Crippen LogP contribution in [0.4, 0.5) is 11.4 Å². The van der Waals surface area contributed by atoms with E-state index in [0.717, 1.165) is 11.3 Å². The smallest absolute Gasteiger partial charge is 0.241 e. The average molecular weight is 381 g/mol. The van der Waals surface area contributed by atoms with Gasteiger partial charge in [-0.25, -0.2) is 0 Å². The van der Waals surface area contributed by atoms with Gasteiger partial charge in [0.25, 0.3) is 0 Å². The number of phenolic OH excluding ortho intramolecular Hbond substituents is 1. The molecule has 6 heteroatoms. The molecule has 0 spiro atoms. The first kappa shape index (κ1) is 19.9. The standard InChI is InChI=1S/C22H27N3O3/c1-15-6-5-7-18(14-15)23-21(27)16(2)25-12-10-17(11-13-25)22(28)24-19-8-3-4-9-20(19)26/h3-9,14,16-17,26H,10-13H2,1-2H3,(H,23,27)(H,24,28). The summed E-state index contributed by atoms with van der Waals surface area (Å²) in [6.07, 6.45) is 1.36. The van der Waals surface area contributed by atoms with Crippen molar-refractivity contribution < 1.29 is 14.7 Å². The van der Waals surface area contributed by atoms with Crippen LogP contribution in [0.3, 0.4) is 0 Å². The molecule has 0 saturated carbocycles. The molecule has 1 aliphatic heterocycles. The van der Waals surface area contributed by atoms with Crippen LogP contribution in [-0.4, -0.2) is 41.0 Å². The van der Waals surface area contributed by atoms with Crippen molar-refractivity contribution in [2.24, 2.45) is 5.92 Å². The summed E-state index contributed by atoms with van der Waals surface area (Å²) in [7, 11) is 0. The number of piperidine rings is 1. The van der Waals surface area contributed by atoms with Crippen molar-refractivity contribution in [3.05, 3.63) is 54.1 Å². The van der Waals surface area contributed by atoms with Crippen molar-refractivity contribution in [1.29, 1.82) is 0 Å². The third-order valence-electron chi connectivity index (χ3n) is 5.28. The minimum atomic E-state index is -0.261. The highest BCUT2D eigenvalue weighted by atomic mass is 16.3. The van der Waals surface area contributed by atoms with Crippen LogP contribution in [0.2, 0.25) is 0 Å². The van der Waals surface area contributed by atoms with Crippen LogP contribution < -0.4 is 10.6 Å². The first-order valence-corrected chi connectivity index (χ1v) is 9.64. The quantitative estimate of drug-likeness (QED) is 0.694. The average Bonchev–Trinajstić information content (AvgIpc) is 2.69. The molecule has 1 unspecified atom stereocenters. The third kappa shape index (κ3) is 4.89. The zero-order valence-electron chi connectivity index (χ0n) is 16.3. The summed E-state index contributed by atoms with van der Waals surface area (Å²) in [6.45, 7) is 5.25. The molecule has 1 aliphatic rings. The molecule has 3 rings (SSSR count). The van der Waals surface area contributed by atoms with E-state index in [9.17, 15) is 14.7 Å². The van der Waals surface area contributed by atoms with Gasteiger partial charge in [0, 0.05) is 11.6 Å². The first-order valence-electron chi connectivity index (χ1n) is 9.64. The van der Waals surface area contributed by atoms with E-state index in [1.807, 2.05) is 38.1 Å². The number of para-hydroxylation sites is 2. The van der Waals surface area contributed by atoms with Crippen molar-refractivity contribution >= 4 is 23.2 Å². The van der Waals surface area contributed by atoms with Gasteiger partial charge in [-0.15, -0.1) is 0 Å². The number of phenols is 1. The third-order valence-corrected chi connectivity index (χ3v) is 5.28. The van der Waals surface area contributed by atoms with E-state index in [1.165, 1.54) is 0 Å². The lowest BCUT2D eigenvalue weighted by Crippen LogP contribution is -2.47. The molecule has 0 bridgehead atoms. The van der Waals surface area contributed by atoms with Crippen molar-refractivity contribution in [1.82, 2.24) is 4.90 Å². The van der Waals surface area contributed by atoms with Crippen LogP contribution in [-0.2, 0) is 9.59 Å². The van der Waals surface area contributed by atoms with Crippen LogP contribution in [0.5, 0.6) is 5.75 Å². The van der Waals surface area contributed by atoms with Crippen LogP contribution in [0, 0.1) is 12.8 Å². The minimum Gasteiger partial charge on any atom is -0.506 e. The van der Waals surface area contributed by atoms with Gasteiger partial charge < -0.3 is 15.7 Å². The number of likely N-dealkylation sites (tertiary alicyclic amines) is 1. The maximum Gasteiger partial charge on any atom is 0.241 e. The topological polar surface area (TPSA) is 81.7 Å². The summed E-state index contributed by atoms with van der Waals surface area (Å²) < 4.78 is 0. The van der Waals surface area contributed by atoms with Gasteiger partial charge in [-0.1, -0.05) is 24.3 Å². The number of nitrogens with zero attached hydrogens (tertiary/aromatic N) is 1. The second kappa shape index (κ2) is 8.89. The number of hydrogen-bond acceptors (Lipinski definition) is 4. The summed E-state index contributed by atoms with van der Waals surface area (Å²) >= 11 is 0. The zero-order valence-corrected chi connectivity index (χ0v) is 16.3. The van der Waals surface area contributed by atoms with Crippen LogP contribution >= 0.6 is 0 Å². The van der Waals surface area contributed by atoms with Gasteiger partial charge in [-0.2, -0.15) is 0 Å². The normalized spacial score (nSPS) is 16.4. The van der Waals surface area contributed by atoms with Gasteiger partial charge in [-0.3, -0.25) is 14.5 Å². The fourth-order valence-electron chi connectivity index (χ4n) is 3.50. The van der Waals surface area contributed by atoms with E-state index >= 15 is 0 Å². The minimum absolute atomic E-state index is 0.0392. The van der Waals surface area contributed by atoms with Gasteiger partial charge >= 0.3 is 0 Å². The number of hydrogen-bond donors (Lipinski definition) is 3. The molecule has 6 nitrogen and oxygen atoms in total. The van der Waals surface area contributed by atoms with Crippen LogP contribution in [0.1, 0.15) is 25.3 Å². The SMILES string of the molecule is Cc1cccc(NC(=O)C(C)N2CCC(C(=O)Nc3ccccc3O)CC2)c1. The van der Waals surface area contributed by atoms with Gasteiger partial charge in [0.15, 0.2) is 0 Å². The number of carbonyl (C=O) groups excluding carboxylic acids is 2. The highest BCUT2D eigenvalue weighted by Crippen LogP contribution is 2.25. The van der Waals surface area contributed by atoms with Crippen molar-refractivity contribution in [3.8, 4) is 5.75 Å². The Morgan fingerprint density at radius 2 is 1.79 bits per heavy atom. The number of aryl methyl sites for hydroxylation is 1. The Morgan fingerprint density at radius 3 is 2.46 bits per heavy atom. The molecule has 2 aromatic carbocycles. The summed E-state index contributed by atoms with van der Waals surface area (Å²) in [5.41, 5.74) is 2.33. The van der Waals surface area contributed by atoms with E-state index in [-0.39, 0.29) is 29.5 Å².